The van der Waals surface area contributed by atoms with E-state index in [0.29, 0.717) is 28.6 Å². The lowest BCUT2D eigenvalue weighted by Gasteiger charge is -2.25. The first-order chi connectivity index (χ1) is 15.0. The molecule has 2 aromatic rings. The predicted octanol–water partition coefficient (Wildman–Crippen LogP) is 5.11. The number of hydrogen-bond acceptors (Lipinski definition) is 4. The van der Waals surface area contributed by atoms with Gasteiger partial charge in [0.25, 0.3) is 0 Å². The van der Waals surface area contributed by atoms with Crippen molar-refractivity contribution in [2.45, 2.75) is 46.1 Å². The third-order valence-corrected chi connectivity index (χ3v) is 6.82. The zero-order valence-electron chi connectivity index (χ0n) is 19.4. The van der Waals surface area contributed by atoms with Crippen LogP contribution in [0.2, 0.25) is 5.02 Å². The summed E-state index contributed by atoms with van der Waals surface area (Å²) in [6.45, 7) is 6.21. The Bertz CT molecular complexity index is 1010. The van der Waals surface area contributed by atoms with E-state index in [1.54, 1.807) is 32.2 Å². The summed E-state index contributed by atoms with van der Waals surface area (Å²) >= 11 is 6.17. The second-order valence-electron chi connectivity index (χ2n) is 8.35. The van der Waals surface area contributed by atoms with Gasteiger partial charge in [0.1, 0.15) is 5.75 Å². The molecule has 1 N–H and O–H groups in total. The Balaban J connectivity index is 2.05. The monoisotopic (exact) mass is 480 g/mol. The van der Waals surface area contributed by atoms with E-state index >= 15 is 0 Å². The molecule has 0 saturated carbocycles. The molecule has 2 rings (SSSR count). The molecular weight excluding hydrogens is 448 g/mol. The lowest BCUT2D eigenvalue weighted by Crippen LogP contribution is -2.33. The molecule has 0 heterocycles. The minimum atomic E-state index is -3.51. The number of amides is 1. The van der Waals surface area contributed by atoms with Crippen LogP contribution in [-0.2, 0) is 14.8 Å². The molecule has 8 heteroatoms. The van der Waals surface area contributed by atoms with Crippen molar-refractivity contribution in [2.75, 3.05) is 24.2 Å². The van der Waals surface area contributed by atoms with Crippen molar-refractivity contribution in [3.8, 4) is 5.75 Å². The number of anilines is 1. The Labute approximate surface area is 197 Å². The average molecular weight is 481 g/mol. The van der Waals surface area contributed by atoms with Crippen molar-refractivity contribution >= 4 is 33.2 Å². The highest BCUT2D eigenvalue weighted by Crippen LogP contribution is 2.28. The lowest BCUT2D eigenvalue weighted by atomic mass is 9.96. The fourth-order valence-electron chi connectivity index (χ4n) is 3.57. The number of nitrogens with zero attached hydrogens (tertiary/aromatic N) is 1. The van der Waals surface area contributed by atoms with Crippen molar-refractivity contribution in [2.24, 2.45) is 5.92 Å². The van der Waals surface area contributed by atoms with E-state index in [4.69, 9.17) is 16.3 Å². The molecule has 0 aliphatic heterocycles. The molecule has 1 amide bonds. The maximum Gasteiger partial charge on any atom is 0.232 e. The molecule has 0 radical (unpaired) electrons. The molecule has 0 bridgehead atoms. The van der Waals surface area contributed by atoms with Crippen molar-refractivity contribution in [3.05, 3.63) is 58.6 Å². The summed E-state index contributed by atoms with van der Waals surface area (Å²) in [7, 11) is -1.89. The molecular formula is C24H33ClN2O4S. The van der Waals surface area contributed by atoms with Crippen LogP contribution >= 0.6 is 11.6 Å². The average Bonchev–Trinajstić information content (AvgIpc) is 2.72. The largest absolute Gasteiger partial charge is 0.497 e. The van der Waals surface area contributed by atoms with Gasteiger partial charge in [-0.15, -0.1) is 0 Å². The summed E-state index contributed by atoms with van der Waals surface area (Å²) in [6, 6.07) is 12.7. The SMILES string of the molecule is COc1ccc([C@@H](CC(C)C)NC(=O)CCCN(c2cccc(Cl)c2C)S(C)(=O)=O)cc1. The summed E-state index contributed by atoms with van der Waals surface area (Å²) in [4.78, 5) is 12.7. The number of benzene rings is 2. The van der Waals surface area contributed by atoms with Crippen LogP contribution < -0.4 is 14.4 Å². The first-order valence-corrected chi connectivity index (χ1v) is 12.9. The number of nitrogens with one attached hydrogen (secondary N) is 1. The summed E-state index contributed by atoms with van der Waals surface area (Å²) in [5, 5.41) is 3.61. The van der Waals surface area contributed by atoms with Crippen LogP contribution in [0.1, 0.15) is 50.3 Å². The van der Waals surface area contributed by atoms with Gasteiger partial charge in [-0.3, -0.25) is 9.10 Å². The van der Waals surface area contributed by atoms with Gasteiger partial charge in [-0.05, 0) is 61.1 Å². The first kappa shape index (κ1) is 26.0. The molecule has 0 saturated heterocycles. The Hall–Kier alpha value is -2.25. The predicted molar refractivity (Wildman–Crippen MR) is 131 cm³/mol. The number of carbonyl (C=O) groups excluding carboxylic acids is 1. The highest BCUT2D eigenvalue weighted by molar-refractivity contribution is 7.92. The van der Waals surface area contributed by atoms with Crippen molar-refractivity contribution < 1.29 is 17.9 Å². The molecule has 176 valence electrons. The highest BCUT2D eigenvalue weighted by atomic mass is 35.5. The molecule has 0 spiro atoms. The van der Waals surface area contributed by atoms with Crippen LogP contribution in [-0.4, -0.2) is 34.2 Å². The van der Waals surface area contributed by atoms with E-state index in [2.05, 4.69) is 19.2 Å². The summed E-state index contributed by atoms with van der Waals surface area (Å²) in [6.07, 6.45) is 2.57. The number of methoxy groups -OCH3 is 1. The maximum atomic E-state index is 12.7. The van der Waals surface area contributed by atoms with E-state index in [1.807, 2.05) is 24.3 Å². The van der Waals surface area contributed by atoms with Crippen LogP contribution in [0.15, 0.2) is 42.5 Å². The molecule has 0 aliphatic rings. The van der Waals surface area contributed by atoms with E-state index in [9.17, 15) is 13.2 Å². The van der Waals surface area contributed by atoms with Gasteiger partial charge in [0.05, 0.1) is 25.1 Å². The van der Waals surface area contributed by atoms with Gasteiger partial charge in [0, 0.05) is 18.0 Å². The smallest absolute Gasteiger partial charge is 0.232 e. The van der Waals surface area contributed by atoms with Crippen LogP contribution in [0.25, 0.3) is 0 Å². The Morgan fingerprint density at radius 2 is 1.81 bits per heavy atom. The topological polar surface area (TPSA) is 75.7 Å². The number of rotatable bonds is 11. The number of carbonyl (C=O) groups is 1. The minimum Gasteiger partial charge on any atom is -0.497 e. The van der Waals surface area contributed by atoms with Crippen LogP contribution in [0.4, 0.5) is 5.69 Å². The van der Waals surface area contributed by atoms with Crippen molar-refractivity contribution in [3.63, 3.8) is 0 Å². The quantitative estimate of drug-likeness (QED) is 0.485. The van der Waals surface area contributed by atoms with Gasteiger partial charge in [-0.2, -0.15) is 0 Å². The molecule has 0 fully saturated rings. The molecule has 6 nitrogen and oxygen atoms in total. The fraction of sp³-hybridized carbons (Fsp3) is 0.458. The zero-order chi connectivity index (χ0) is 23.9. The van der Waals surface area contributed by atoms with Gasteiger partial charge in [-0.25, -0.2) is 8.42 Å². The van der Waals surface area contributed by atoms with Crippen molar-refractivity contribution in [1.82, 2.24) is 5.32 Å². The summed E-state index contributed by atoms with van der Waals surface area (Å²) in [5.74, 6) is 1.05. The highest BCUT2D eigenvalue weighted by Gasteiger charge is 2.21. The van der Waals surface area contributed by atoms with Gasteiger partial charge in [0.2, 0.25) is 15.9 Å². The molecule has 1 atom stereocenters. The molecule has 0 aliphatic carbocycles. The Morgan fingerprint density at radius 3 is 2.38 bits per heavy atom. The third kappa shape index (κ3) is 7.41. The van der Waals surface area contributed by atoms with E-state index in [1.165, 1.54) is 4.31 Å². The van der Waals surface area contributed by atoms with E-state index in [-0.39, 0.29) is 24.9 Å². The molecule has 32 heavy (non-hydrogen) atoms. The standard InChI is InChI=1S/C24H33ClN2O4S/c1-17(2)16-22(19-11-13-20(31-4)14-12-19)26-24(28)10-7-15-27(32(5,29)30)23-9-6-8-21(25)18(23)3/h6,8-9,11-14,17,22H,7,10,15-16H2,1-5H3,(H,26,28)/t22-/m1/s1. The zero-order valence-corrected chi connectivity index (χ0v) is 21.0. The van der Waals surface area contributed by atoms with Gasteiger partial charge < -0.3 is 10.1 Å². The first-order valence-electron chi connectivity index (χ1n) is 10.7. The third-order valence-electron chi connectivity index (χ3n) is 5.23. The van der Waals surface area contributed by atoms with Crippen LogP contribution in [0.5, 0.6) is 5.75 Å². The summed E-state index contributed by atoms with van der Waals surface area (Å²) in [5.41, 5.74) is 2.25. The Kier molecular flexibility index (Phi) is 9.40. The summed E-state index contributed by atoms with van der Waals surface area (Å²) < 4.78 is 31.3. The fourth-order valence-corrected chi connectivity index (χ4v) is 4.75. The van der Waals surface area contributed by atoms with Gasteiger partial charge >= 0.3 is 0 Å². The van der Waals surface area contributed by atoms with E-state index < -0.39 is 10.0 Å². The van der Waals surface area contributed by atoms with E-state index in [0.717, 1.165) is 24.0 Å². The van der Waals surface area contributed by atoms with Crippen molar-refractivity contribution in [1.29, 1.82) is 0 Å². The number of sulfonamides is 1. The van der Waals surface area contributed by atoms with Crippen LogP contribution in [0, 0.1) is 12.8 Å². The molecule has 0 aromatic heterocycles. The number of halogens is 1. The van der Waals surface area contributed by atoms with Crippen LogP contribution in [0.3, 0.4) is 0 Å². The molecule has 0 unspecified atom stereocenters. The maximum absolute atomic E-state index is 12.7. The normalized spacial score (nSPS) is 12.5. The Morgan fingerprint density at radius 1 is 1.16 bits per heavy atom. The number of hydrogen-bond donors (Lipinski definition) is 1. The van der Waals surface area contributed by atoms with Gasteiger partial charge in [0.15, 0.2) is 0 Å². The number of ether oxygens (including phenoxy) is 1. The second kappa shape index (κ2) is 11.6. The molecule has 2 aromatic carbocycles. The van der Waals surface area contributed by atoms with Gasteiger partial charge in [-0.1, -0.05) is 43.6 Å². The minimum absolute atomic E-state index is 0.109. The lowest BCUT2D eigenvalue weighted by molar-refractivity contribution is -0.122. The second-order valence-corrected chi connectivity index (χ2v) is 10.7.